The average molecular weight is 250 g/mol. The van der Waals surface area contributed by atoms with Gasteiger partial charge in [0, 0.05) is 19.3 Å². The van der Waals surface area contributed by atoms with Gasteiger partial charge in [0.05, 0.1) is 0 Å². The third-order valence-corrected chi connectivity index (χ3v) is 4.28. The van der Waals surface area contributed by atoms with Crippen molar-refractivity contribution >= 4 is 0 Å². The van der Waals surface area contributed by atoms with Crippen molar-refractivity contribution < 1.29 is 4.39 Å². The van der Waals surface area contributed by atoms with E-state index in [1.165, 1.54) is 50.8 Å². The van der Waals surface area contributed by atoms with Gasteiger partial charge in [-0.25, -0.2) is 4.98 Å². The highest BCUT2D eigenvalue weighted by Crippen LogP contribution is 2.38. The van der Waals surface area contributed by atoms with Crippen molar-refractivity contribution in [2.45, 2.75) is 52.0 Å². The Kier molecular flexibility index (Phi) is 4.70. The lowest BCUT2D eigenvalue weighted by atomic mass is 9.72. The highest BCUT2D eigenvalue weighted by atomic mass is 19.1. The smallest absolute Gasteiger partial charge is 0.213 e. The molecule has 1 saturated carbocycles. The fourth-order valence-corrected chi connectivity index (χ4v) is 2.98. The maximum atomic E-state index is 13.0. The van der Waals surface area contributed by atoms with Crippen molar-refractivity contribution in [1.29, 1.82) is 0 Å². The van der Waals surface area contributed by atoms with Crippen molar-refractivity contribution in [3.8, 4) is 0 Å². The lowest BCUT2D eigenvalue weighted by Gasteiger charge is -2.36. The van der Waals surface area contributed by atoms with Gasteiger partial charge in [0.25, 0.3) is 0 Å². The zero-order valence-electron chi connectivity index (χ0n) is 11.2. The Bertz CT molecular complexity index is 373. The number of nitrogens with one attached hydrogen (secondary N) is 1. The molecule has 1 fully saturated rings. The summed E-state index contributed by atoms with van der Waals surface area (Å²) in [6, 6.07) is 3.38. The van der Waals surface area contributed by atoms with Crippen molar-refractivity contribution in [2.75, 3.05) is 6.54 Å². The van der Waals surface area contributed by atoms with E-state index in [2.05, 4.69) is 17.2 Å². The monoisotopic (exact) mass is 250 g/mol. The highest BCUT2D eigenvalue weighted by Gasteiger charge is 2.29. The third-order valence-electron chi connectivity index (χ3n) is 4.28. The summed E-state index contributed by atoms with van der Waals surface area (Å²) in [7, 11) is 0. The van der Waals surface area contributed by atoms with E-state index in [-0.39, 0.29) is 0 Å². The molecule has 1 aromatic rings. The Balaban J connectivity index is 1.83. The van der Waals surface area contributed by atoms with Crippen LogP contribution in [0.25, 0.3) is 0 Å². The first-order valence-electron chi connectivity index (χ1n) is 7.05. The summed E-state index contributed by atoms with van der Waals surface area (Å²) >= 11 is 0. The average Bonchev–Trinajstić information content (AvgIpc) is 2.40. The number of aromatic nitrogens is 1. The fourth-order valence-electron chi connectivity index (χ4n) is 2.98. The van der Waals surface area contributed by atoms with E-state index in [0.717, 1.165) is 18.7 Å². The molecule has 2 rings (SSSR count). The van der Waals surface area contributed by atoms with Gasteiger partial charge in [-0.2, -0.15) is 4.39 Å². The number of halogens is 1. The summed E-state index contributed by atoms with van der Waals surface area (Å²) in [5.41, 5.74) is 1.45. The van der Waals surface area contributed by atoms with Crippen molar-refractivity contribution in [1.82, 2.24) is 10.3 Å². The molecule has 0 radical (unpaired) electrons. The highest BCUT2D eigenvalue weighted by molar-refractivity contribution is 5.10. The first-order chi connectivity index (χ1) is 8.74. The molecule has 1 heterocycles. The molecule has 0 saturated heterocycles. The van der Waals surface area contributed by atoms with Crippen LogP contribution in [-0.2, 0) is 6.54 Å². The molecular weight excluding hydrogens is 227 g/mol. The molecule has 0 aliphatic heterocycles. The minimum absolute atomic E-state index is 0.392. The quantitative estimate of drug-likeness (QED) is 0.806. The molecular formula is C15H23FN2. The molecule has 100 valence electrons. The summed E-state index contributed by atoms with van der Waals surface area (Å²) in [5, 5.41) is 3.50. The van der Waals surface area contributed by atoms with Crippen LogP contribution in [0.3, 0.4) is 0 Å². The molecule has 1 N–H and O–H groups in total. The van der Waals surface area contributed by atoms with Gasteiger partial charge in [0.1, 0.15) is 0 Å². The lowest BCUT2D eigenvalue weighted by molar-refractivity contribution is 0.174. The minimum Gasteiger partial charge on any atom is -0.312 e. The Labute approximate surface area is 109 Å². The predicted molar refractivity (Wildman–Crippen MR) is 71.7 cm³/mol. The van der Waals surface area contributed by atoms with E-state index in [0.29, 0.717) is 5.41 Å². The Morgan fingerprint density at radius 1 is 1.33 bits per heavy atom. The van der Waals surface area contributed by atoms with Crippen LogP contribution in [0.5, 0.6) is 0 Å². The summed E-state index contributed by atoms with van der Waals surface area (Å²) < 4.78 is 13.0. The molecule has 1 aliphatic rings. The molecule has 0 amide bonds. The summed E-state index contributed by atoms with van der Waals surface area (Å²) in [6.45, 7) is 4.08. The van der Waals surface area contributed by atoms with E-state index in [1.807, 2.05) is 6.07 Å². The molecule has 1 aromatic heterocycles. The van der Waals surface area contributed by atoms with E-state index in [9.17, 15) is 4.39 Å². The third kappa shape index (κ3) is 3.52. The van der Waals surface area contributed by atoms with Crippen LogP contribution in [-0.4, -0.2) is 11.5 Å². The van der Waals surface area contributed by atoms with Crippen LogP contribution in [0, 0.1) is 11.4 Å². The molecule has 2 nitrogen and oxygen atoms in total. The molecule has 3 heteroatoms. The molecule has 0 atom stereocenters. The second kappa shape index (κ2) is 6.28. The largest absolute Gasteiger partial charge is 0.312 e. The number of hydrogen-bond donors (Lipinski definition) is 1. The van der Waals surface area contributed by atoms with Crippen molar-refractivity contribution in [2.24, 2.45) is 5.41 Å². The molecule has 1 aliphatic carbocycles. The maximum Gasteiger partial charge on any atom is 0.213 e. The summed E-state index contributed by atoms with van der Waals surface area (Å²) in [4.78, 5) is 3.57. The van der Waals surface area contributed by atoms with Crippen LogP contribution < -0.4 is 5.32 Å². The number of rotatable bonds is 5. The van der Waals surface area contributed by atoms with E-state index in [4.69, 9.17) is 0 Å². The Morgan fingerprint density at radius 2 is 2.11 bits per heavy atom. The molecule has 0 spiro atoms. The topological polar surface area (TPSA) is 24.9 Å². The van der Waals surface area contributed by atoms with Gasteiger partial charge in [-0.1, -0.05) is 26.2 Å². The van der Waals surface area contributed by atoms with Gasteiger partial charge < -0.3 is 5.32 Å². The molecule has 0 bridgehead atoms. The maximum absolute atomic E-state index is 13.0. The van der Waals surface area contributed by atoms with Gasteiger partial charge in [0.2, 0.25) is 5.95 Å². The van der Waals surface area contributed by atoms with Crippen LogP contribution in [0.1, 0.15) is 51.0 Å². The normalized spacial score (nSPS) is 18.8. The second-order valence-electron chi connectivity index (χ2n) is 5.50. The van der Waals surface area contributed by atoms with Crippen molar-refractivity contribution in [3.63, 3.8) is 0 Å². The second-order valence-corrected chi connectivity index (χ2v) is 5.50. The standard InChI is InChI=1S/C15H23FN2/c1-2-15(7-4-3-5-8-15)12-17-11-13-6-9-18-14(16)10-13/h6,9-10,17H,2-5,7-8,11-12H2,1H3. The van der Waals surface area contributed by atoms with E-state index in [1.54, 1.807) is 0 Å². The Morgan fingerprint density at radius 3 is 2.78 bits per heavy atom. The first kappa shape index (κ1) is 13.5. The van der Waals surface area contributed by atoms with Crippen molar-refractivity contribution in [3.05, 3.63) is 29.8 Å². The first-order valence-corrected chi connectivity index (χ1v) is 7.05. The number of hydrogen-bond acceptors (Lipinski definition) is 2. The van der Waals surface area contributed by atoms with Gasteiger partial charge in [-0.15, -0.1) is 0 Å². The van der Waals surface area contributed by atoms with Gasteiger partial charge in [-0.05, 0) is 42.4 Å². The lowest BCUT2D eigenvalue weighted by Crippen LogP contribution is -2.35. The van der Waals surface area contributed by atoms with Gasteiger partial charge >= 0.3 is 0 Å². The van der Waals surface area contributed by atoms with Crippen LogP contribution in [0.2, 0.25) is 0 Å². The number of nitrogens with zero attached hydrogens (tertiary/aromatic N) is 1. The summed E-state index contributed by atoms with van der Waals surface area (Å²) in [6.07, 6.45) is 9.55. The molecule has 18 heavy (non-hydrogen) atoms. The van der Waals surface area contributed by atoms with Gasteiger partial charge in [0.15, 0.2) is 0 Å². The Hall–Kier alpha value is -0.960. The van der Waals surface area contributed by atoms with Crippen LogP contribution in [0.4, 0.5) is 4.39 Å². The molecule has 0 aromatic carbocycles. The molecule has 0 unspecified atom stereocenters. The summed E-state index contributed by atoms with van der Waals surface area (Å²) in [5.74, 6) is -0.392. The zero-order valence-corrected chi connectivity index (χ0v) is 11.2. The van der Waals surface area contributed by atoms with E-state index < -0.39 is 5.95 Å². The number of pyridine rings is 1. The van der Waals surface area contributed by atoms with Crippen LogP contribution >= 0.6 is 0 Å². The fraction of sp³-hybridized carbons (Fsp3) is 0.667. The SMILES string of the molecule is CCC1(CNCc2ccnc(F)c2)CCCCC1. The van der Waals surface area contributed by atoms with Crippen LogP contribution in [0.15, 0.2) is 18.3 Å². The van der Waals surface area contributed by atoms with Gasteiger partial charge in [-0.3, -0.25) is 0 Å². The van der Waals surface area contributed by atoms with E-state index >= 15 is 0 Å². The zero-order chi connectivity index (χ0) is 12.8. The minimum atomic E-state index is -0.392. The predicted octanol–water partition coefficient (Wildman–Crippen LogP) is 3.67.